The average molecular weight is 665 g/mol. The number of para-hydroxylation sites is 1. The minimum Gasteiger partial charge on any atom is -0.497 e. The third-order valence-corrected chi connectivity index (χ3v) is 9.27. The van der Waals surface area contributed by atoms with Crippen molar-refractivity contribution < 1.29 is 14.7 Å². The summed E-state index contributed by atoms with van der Waals surface area (Å²) in [6.45, 7) is 4.74. The van der Waals surface area contributed by atoms with E-state index in [0.717, 1.165) is 57.8 Å². The second-order valence-electron chi connectivity index (χ2n) is 10.9. The fourth-order valence-corrected chi connectivity index (χ4v) is 6.88. The van der Waals surface area contributed by atoms with E-state index < -0.39 is 0 Å². The first-order valence-corrected chi connectivity index (χ1v) is 16.3. The average Bonchev–Trinajstić information content (AvgIpc) is 3.07. The number of amides is 2. The summed E-state index contributed by atoms with van der Waals surface area (Å²) in [5, 5.41) is 14.2. The quantitative estimate of drug-likeness (QED) is 0.165. The molecule has 1 saturated carbocycles. The number of methoxy groups -OCH3 is 1. The van der Waals surface area contributed by atoms with Crippen molar-refractivity contribution in [2.45, 2.75) is 58.5 Å². The molecule has 9 heteroatoms. The van der Waals surface area contributed by atoms with Gasteiger partial charge in [0.2, 0.25) is 0 Å². The van der Waals surface area contributed by atoms with Gasteiger partial charge in [0.05, 0.1) is 40.8 Å². The Morgan fingerprint density at radius 1 is 0.867 bits per heavy atom. The highest BCUT2D eigenvalue weighted by molar-refractivity contribution is 6.40. The van der Waals surface area contributed by atoms with Gasteiger partial charge in [0, 0.05) is 22.7 Å². The zero-order valence-corrected chi connectivity index (χ0v) is 27.8. The molecule has 2 aliphatic rings. The van der Waals surface area contributed by atoms with E-state index in [-0.39, 0.29) is 11.9 Å². The van der Waals surface area contributed by atoms with Crippen LogP contribution >= 0.6 is 34.8 Å². The van der Waals surface area contributed by atoms with E-state index in [1.54, 1.807) is 35.1 Å². The van der Waals surface area contributed by atoms with Crippen LogP contribution in [0.2, 0.25) is 15.1 Å². The molecule has 0 bridgehead atoms. The number of fused-ring (bicyclic) bond motifs is 1. The number of benzene rings is 4. The van der Waals surface area contributed by atoms with Crippen molar-refractivity contribution >= 4 is 57.9 Å². The van der Waals surface area contributed by atoms with Crippen LogP contribution in [0.5, 0.6) is 5.75 Å². The summed E-state index contributed by atoms with van der Waals surface area (Å²) in [5.74, 6) is 0.963. The number of hydrogen-bond acceptors (Lipinski definition) is 4. The van der Waals surface area contributed by atoms with E-state index in [1.807, 2.05) is 62.4 Å². The van der Waals surface area contributed by atoms with Crippen LogP contribution in [0.15, 0.2) is 84.0 Å². The lowest BCUT2D eigenvalue weighted by atomic mass is 9.80. The zero-order chi connectivity index (χ0) is 32.1. The van der Waals surface area contributed by atoms with Crippen LogP contribution in [-0.2, 0) is 13.1 Å². The van der Waals surface area contributed by atoms with E-state index in [9.17, 15) is 10.0 Å². The first-order chi connectivity index (χ1) is 21.9. The molecule has 6 nitrogen and oxygen atoms in total. The van der Waals surface area contributed by atoms with Gasteiger partial charge < -0.3 is 14.8 Å². The zero-order valence-electron chi connectivity index (χ0n) is 25.6. The van der Waals surface area contributed by atoms with Gasteiger partial charge in [-0.1, -0.05) is 96.3 Å². The molecular formula is C36H36Cl3N3O3. The number of halogens is 3. The van der Waals surface area contributed by atoms with Gasteiger partial charge in [0.1, 0.15) is 5.75 Å². The molecule has 1 fully saturated rings. The molecule has 0 aromatic heterocycles. The third-order valence-electron chi connectivity index (χ3n) is 8.33. The van der Waals surface area contributed by atoms with Crippen LogP contribution in [0.4, 0.5) is 16.2 Å². The molecule has 1 N–H and O–H groups in total. The lowest BCUT2D eigenvalue weighted by molar-refractivity contribution is 0.198. The maximum atomic E-state index is 14.4. The normalized spacial score (nSPS) is 16.1. The predicted molar refractivity (Wildman–Crippen MR) is 185 cm³/mol. The Morgan fingerprint density at radius 3 is 2.13 bits per heavy atom. The molecule has 0 saturated heterocycles. The number of urea groups is 1. The van der Waals surface area contributed by atoms with Gasteiger partial charge in [0.25, 0.3) is 0 Å². The standard InChI is InChI=1S/C34H30Cl3N3O3.C2H6/c1-43-25-15-9-21(10-16-25)19-39-20-28-27(26-5-2-3-6-29(26)35)17-23(22-11-13-24(38-42)14-12-22)18-32(28)40(34(39)41)33-30(36)7-4-8-31(33)37;1-2/h2-10,15-18,22,42H,11-14,19-20H2,1H3;1-2H3. The lowest BCUT2D eigenvalue weighted by Crippen LogP contribution is -2.44. The van der Waals surface area contributed by atoms with Crippen molar-refractivity contribution in [1.82, 2.24) is 4.90 Å². The molecule has 6 rings (SSSR count). The number of ether oxygens (including phenoxy) is 1. The van der Waals surface area contributed by atoms with Gasteiger partial charge in [-0.2, -0.15) is 0 Å². The summed E-state index contributed by atoms with van der Waals surface area (Å²) >= 11 is 20.4. The van der Waals surface area contributed by atoms with E-state index in [2.05, 4.69) is 17.3 Å². The van der Waals surface area contributed by atoms with Crippen LogP contribution in [0.3, 0.4) is 0 Å². The largest absolute Gasteiger partial charge is 0.497 e. The molecule has 1 aliphatic heterocycles. The Hall–Kier alpha value is -3.71. The van der Waals surface area contributed by atoms with Gasteiger partial charge in [-0.05, 0) is 84.7 Å². The first-order valence-electron chi connectivity index (χ1n) is 15.2. The summed E-state index contributed by atoms with van der Waals surface area (Å²) in [6.07, 6.45) is 3.11. The van der Waals surface area contributed by atoms with Crippen LogP contribution < -0.4 is 9.64 Å². The summed E-state index contributed by atoms with van der Waals surface area (Å²) in [5.41, 5.74) is 6.85. The SMILES string of the molecule is CC.COc1ccc(CN2Cc3c(-c4ccccc4Cl)cc(C4CCC(=NO)CC4)cc3N(c3c(Cl)cccc3Cl)C2=O)cc1. The first kappa shape index (κ1) is 32.7. The Morgan fingerprint density at radius 2 is 1.51 bits per heavy atom. The molecule has 234 valence electrons. The second kappa shape index (κ2) is 14.6. The minimum absolute atomic E-state index is 0.216. The fourth-order valence-electron chi connectivity index (χ4n) is 6.08. The molecule has 0 unspecified atom stereocenters. The van der Waals surface area contributed by atoms with Gasteiger partial charge >= 0.3 is 6.03 Å². The maximum Gasteiger partial charge on any atom is 0.329 e. The summed E-state index contributed by atoms with van der Waals surface area (Å²) < 4.78 is 5.33. The smallest absolute Gasteiger partial charge is 0.329 e. The number of nitrogens with zero attached hydrogens (tertiary/aromatic N) is 3. The minimum atomic E-state index is -0.223. The van der Waals surface area contributed by atoms with Gasteiger partial charge in [-0.15, -0.1) is 0 Å². The molecule has 0 spiro atoms. The summed E-state index contributed by atoms with van der Waals surface area (Å²) in [7, 11) is 1.63. The van der Waals surface area contributed by atoms with Gasteiger partial charge in [-0.3, -0.25) is 4.90 Å². The van der Waals surface area contributed by atoms with Crippen molar-refractivity contribution in [2.75, 3.05) is 12.0 Å². The molecule has 0 atom stereocenters. The van der Waals surface area contributed by atoms with Crippen molar-refractivity contribution in [3.63, 3.8) is 0 Å². The number of carbonyl (C=O) groups is 1. The lowest BCUT2D eigenvalue weighted by Gasteiger charge is -2.40. The number of carbonyl (C=O) groups excluding carboxylic acids is 1. The number of rotatable bonds is 6. The molecule has 0 radical (unpaired) electrons. The number of oxime groups is 1. The van der Waals surface area contributed by atoms with Gasteiger partial charge in [-0.25, -0.2) is 4.79 Å². The van der Waals surface area contributed by atoms with Gasteiger partial charge in [0.15, 0.2) is 0 Å². The van der Waals surface area contributed by atoms with Crippen LogP contribution in [0.1, 0.15) is 62.1 Å². The van der Waals surface area contributed by atoms with Crippen molar-refractivity contribution in [1.29, 1.82) is 0 Å². The summed E-state index contributed by atoms with van der Waals surface area (Å²) in [4.78, 5) is 17.9. The number of anilines is 2. The van der Waals surface area contributed by atoms with E-state index in [0.29, 0.717) is 46.7 Å². The van der Waals surface area contributed by atoms with E-state index in [4.69, 9.17) is 39.5 Å². The Kier molecular flexibility index (Phi) is 10.6. The van der Waals surface area contributed by atoms with Crippen molar-refractivity contribution in [3.05, 3.63) is 111 Å². The molecule has 45 heavy (non-hydrogen) atoms. The number of hydrogen-bond donors (Lipinski definition) is 1. The van der Waals surface area contributed by atoms with E-state index >= 15 is 0 Å². The van der Waals surface area contributed by atoms with Crippen molar-refractivity contribution in [2.24, 2.45) is 5.16 Å². The highest BCUT2D eigenvalue weighted by Gasteiger charge is 2.36. The molecule has 4 aromatic rings. The second-order valence-corrected chi connectivity index (χ2v) is 12.1. The summed E-state index contributed by atoms with van der Waals surface area (Å²) in [6, 6.07) is 24.8. The molecule has 2 amide bonds. The monoisotopic (exact) mass is 663 g/mol. The van der Waals surface area contributed by atoms with Crippen molar-refractivity contribution in [3.8, 4) is 16.9 Å². The van der Waals surface area contributed by atoms with Crippen LogP contribution in [-0.4, -0.2) is 29.0 Å². The topological polar surface area (TPSA) is 65.4 Å². The van der Waals surface area contributed by atoms with Crippen LogP contribution in [0, 0.1) is 0 Å². The third kappa shape index (κ3) is 6.79. The molecule has 1 heterocycles. The Balaban J connectivity index is 0.00000196. The fraction of sp³-hybridized carbons (Fsp3) is 0.278. The highest BCUT2D eigenvalue weighted by atomic mass is 35.5. The highest BCUT2D eigenvalue weighted by Crippen LogP contribution is 2.48. The Bertz CT molecular complexity index is 1680. The molecule has 4 aromatic carbocycles. The van der Waals surface area contributed by atoms with Crippen LogP contribution in [0.25, 0.3) is 11.1 Å². The van der Waals surface area contributed by atoms with E-state index in [1.165, 1.54) is 0 Å². The molecular weight excluding hydrogens is 629 g/mol. The molecule has 1 aliphatic carbocycles. The Labute approximate surface area is 279 Å². The maximum absolute atomic E-state index is 14.4. The predicted octanol–water partition coefficient (Wildman–Crippen LogP) is 11.1.